The minimum Gasteiger partial charge on any atom is -0.491 e. The molecule has 1 saturated heterocycles. The SMILES string of the molecule is CC(C)Oc1ccccc1[C@@H]1CN([C@@H]2COCc3c2ccc(F)c3F)CCN1. The second-order valence-corrected chi connectivity index (χ2v) is 7.67. The molecule has 4 rings (SSSR count). The Morgan fingerprint density at radius 3 is 2.79 bits per heavy atom. The smallest absolute Gasteiger partial charge is 0.164 e. The molecule has 0 spiro atoms. The van der Waals surface area contributed by atoms with Crippen molar-refractivity contribution in [2.24, 2.45) is 0 Å². The summed E-state index contributed by atoms with van der Waals surface area (Å²) in [5, 5.41) is 3.57. The second-order valence-electron chi connectivity index (χ2n) is 7.67. The van der Waals surface area contributed by atoms with Gasteiger partial charge in [-0.1, -0.05) is 24.3 Å². The van der Waals surface area contributed by atoms with Gasteiger partial charge in [0, 0.05) is 36.8 Å². The van der Waals surface area contributed by atoms with Gasteiger partial charge in [0.1, 0.15) is 5.75 Å². The van der Waals surface area contributed by atoms with Crippen LogP contribution in [0.5, 0.6) is 5.75 Å². The minimum atomic E-state index is -0.819. The van der Waals surface area contributed by atoms with Gasteiger partial charge in [0.15, 0.2) is 11.6 Å². The zero-order chi connectivity index (χ0) is 19.7. The maximum absolute atomic E-state index is 14.2. The van der Waals surface area contributed by atoms with E-state index in [-0.39, 0.29) is 24.8 Å². The molecule has 2 aromatic rings. The highest BCUT2D eigenvalue weighted by Crippen LogP contribution is 2.35. The third-order valence-electron chi connectivity index (χ3n) is 5.42. The molecule has 1 N–H and O–H groups in total. The summed E-state index contributed by atoms with van der Waals surface area (Å²) in [7, 11) is 0. The highest BCUT2D eigenvalue weighted by atomic mass is 19.2. The fourth-order valence-corrected chi connectivity index (χ4v) is 4.12. The zero-order valence-electron chi connectivity index (χ0n) is 16.3. The van der Waals surface area contributed by atoms with Crippen molar-refractivity contribution in [3.05, 3.63) is 64.7 Å². The number of ether oxygens (including phenoxy) is 2. The molecule has 0 unspecified atom stereocenters. The van der Waals surface area contributed by atoms with E-state index in [4.69, 9.17) is 9.47 Å². The number of hydrogen-bond donors (Lipinski definition) is 1. The number of piperazine rings is 1. The highest BCUT2D eigenvalue weighted by molar-refractivity contribution is 5.37. The average Bonchev–Trinajstić information content (AvgIpc) is 2.70. The number of hydrogen-bond acceptors (Lipinski definition) is 4. The molecule has 0 radical (unpaired) electrons. The second kappa shape index (κ2) is 8.15. The summed E-state index contributed by atoms with van der Waals surface area (Å²) in [6, 6.07) is 11.0. The Bertz CT molecular complexity index is 843. The van der Waals surface area contributed by atoms with Crippen LogP contribution in [0.4, 0.5) is 8.78 Å². The van der Waals surface area contributed by atoms with Crippen LogP contribution < -0.4 is 10.1 Å². The number of nitrogens with one attached hydrogen (secondary N) is 1. The zero-order valence-corrected chi connectivity index (χ0v) is 16.3. The molecule has 6 heteroatoms. The Labute approximate surface area is 164 Å². The van der Waals surface area contributed by atoms with E-state index in [0.717, 1.165) is 36.5 Å². The van der Waals surface area contributed by atoms with Crippen LogP contribution >= 0.6 is 0 Å². The molecule has 2 aliphatic heterocycles. The van der Waals surface area contributed by atoms with Crippen molar-refractivity contribution < 1.29 is 18.3 Å². The van der Waals surface area contributed by atoms with Crippen LogP contribution in [-0.4, -0.2) is 37.2 Å². The van der Waals surface area contributed by atoms with Gasteiger partial charge in [-0.2, -0.15) is 0 Å². The van der Waals surface area contributed by atoms with Crippen LogP contribution in [0.2, 0.25) is 0 Å². The molecule has 0 bridgehead atoms. The number of nitrogens with zero attached hydrogens (tertiary/aromatic N) is 1. The maximum Gasteiger partial charge on any atom is 0.164 e. The monoisotopic (exact) mass is 388 g/mol. The lowest BCUT2D eigenvalue weighted by molar-refractivity contribution is 0.0184. The lowest BCUT2D eigenvalue weighted by atomic mass is 9.95. The van der Waals surface area contributed by atoms with Crippen molar-refractivity contribution in [2.75, 3.05) is 26.2 Å². The van der Waals surface area contributed by atoms with E-state index in [1.807, 2.05) is 32.0 Å². The molecule has 2 aliphatic rings. The van der Waals surface area contributed by atoms with Gasteiger partial charge in [-0.25, -0.2) is 8.78 Å². The van der Waals surface area contributed by atoms with E-state index < -0.39 is 11.6 Å². The number of para-hydroxylation sites is 1. The van der Waals surface area contributed by atoms with E-state index in [1.165, 1.54) is 6.07 Å². The van der Waals surface area contributed by atoms with Gasteiger partial charge in [-0.15, -0.1) is 0 Å². The Morgan fingerprint density at radius 1 is 1.14 bits per heavy atom. The first-order chi connectivity index (χ1) is 13.5. The summed E-state index contributed by atoms with van der Waals surface area (Å²) in [5.74, 6) is -0.726. The van der Waals surface area contributed by atoms with Crippen molar-refractivity contribution >= 4 is 0 Å². The Kier molecular flexibility index (Phi) is 5.62. The third-order valence-corrected chi connectivity index (χ3v) is 5.42. The third kappa shape index (κ3) is 3.77. The van der Waals surface area contributed by atoms with Gasteiger partial charge in [0.05, 0.1) is 25.4 Å². The molecule has 0 aromatic heterocycles. The molecule has 2 heterocycles. The van der Waals surface area contributed by atoms with E-state index in [1.54, 1.807) is 6.07 Å². The van der Waals surface area contributed by atoms with E-state index in [9.17, 15) is 8.78 Å². The van der Waals surface area contributed by atoms with Crippen molar-refractivity contribution in [2.45, 2.75) is 38.6 Å². The lowest BCUT2D eigenvalue weighted by Gasteiger charge is -2.41. The molecule has 1 fully saturated rings. The molecule has 0 aliphatic carbocycles. The first kappa shape index (κ1) is 19.3. The molecule has 0 amide bonds. The summed E-state index contributed by atoms with van der Waals surface area (Å²) in [4.78, 5) is 2.29. The maximum atomic E-state index is 14.2. The quantitative estimate of drug-likeness (QED) is 0.859. The molecular weight excluding hydrogens is 362 g/mol. The Balaban J connectivity index is 1.59. The van der Waals surface area contributed by atoms with Gasteiger partial charge in [0.25, 0.3) is 0 Å². The predicted octanol–water partition coefficient (Wildman–Crippen LogP) is 3.97. The molecule has 150 valence electrons. The molecule has 2 atom stereocenters. The number of halogens is 2. The van der Waals surface area contributed by atoms with Crippen LogP contribution in [0, 0.1) is 11.6 Å². The fraction of sp³-hybridized carbons (Fsp3) is 0.455. The largest absolute Gasteiger partial charge is 0.491 e. The van der Waals surface area contributed by atoms with Gasteiger partial charge in [-0.05, 0) is 31.5 Å². The van der Waals surface area contributed by atoms with E-state index in [2.05, 4.69) is 16.3 Å². The number of fused-ring (bicyclic) bond motifs is 1. The van der Waals surface area contributed by atoms with Crippen LogP contribution in [0.3, 0.4) is 0 Å². The van der Waals surface area contributed by atoms with Gasteiger partial charge in [-0.3, -0.25) is 4.90 Å². The highest BCUT2D eigenvalue weighted by Gasteiger charge is 2.33. The Hall–Kier alpha value is -2.02. The average molecular weight is 388 g/mol. The minimum absolute atomic E-state index is 0.0818. The predicted molar refractivity (Wildman–Crippen MR) is 103 cm³/mol. The van der Waals surface area contributed by atoms with Crippen LogP contribution in [-0.2, 0) is 11.3 Å². The number of benzene rings is 2. The van der Waals surface area contributed by atoms with Gasteiger partial charge < -0.3 is 14.8 Å². The standard InChI is InChI=1S/C22H26F2N2O2/c1-14(2)28-21-6-4-3-5-16(21)19-11-26(10-9-25-19)20-13-27-12-17-15(20)7-8-18(23)22(17)24/h3-8,14,19-20,25H,9-13H2,1-2H3/t19-,20+/m0/s1. The summed E-state index contributed by atoms with van der Waals surface area (Å²) in [6.07, 6.45) is 0.0948. The van der Waals surface area contributed by atoms with Crippen LogP contribution in [0.25, 0.3) is 0 Å². The van der Waals surface area contributed by atoms with Crippen LogP contribution in [0.15, 0.2) is 36.4 Å². The molecule has 2 aromatic carbocycles. The molecule has 28 heavy (non-hydrogen) atoms. The van der Waals surface area contributed by atoms with Crippen molar-refractivity contribution in [3.8, 4) is 5.75 Å². The van der Waals surface area contributed by atoms with E-state index in [0.29, 0.717) is 12.2 Å². The van der Waals surface area contributed by atoms with E-state index >= 15 is 0 Å². The lowest BCUT2D eigenvalue weighted by Crippen LogP contribution is -2.49. The summed E-state index contributed by atoms with van der Waals surface area (Å²) >= 11 is 0. The topological polar surface area (TPSA) is 33.7 Å². The molecular formula is C22H26F2N2O2. The normalized spacial score (nSPS) is 22.9. The molecule has 4 nitrogen and oxygen atoms in total. The summed E-state index contributed by atoms with van der Waals surface area (Å²) in [6.45, 7) is 6.99. The first-order valence-electron chi connectivity index (χ1n) is 9.82. The van der Waals surface area contributed by atoms with Crippen LogP contribution in [0.1, 0.15) is 42.6 Å². The number of rotatable bonds is 4. The Morgan fingerprint density at radius 2 is 1.96 bits per heavy atom. The van der Waals surface area contributed by atoms with Gasteiger partial charge >= 0.3 is 0 Å². The van der Waals surface area contributed by atoms with Crippen molar-refractivity contribution in [1.29, 1.82) is 0 Å². The summed E-state index contributed by atoms with van der Waals surface area (Å²) in [5.41, 5.74) is 2.29. The van der Waals surface area contributed by atoms with Crippen molar-refractivity contribution in [3.63, 3.8) is 0 Å². The van der Waals surface area contributed by atoms with Gasteiger partial charge in [0.2, 0.25) is 0 Å². The first-order valence-corrected chi connectivity index (χ1v) is 9.82. The molecule has 0 saturated carbocycles. The van der Waals surface area contributed by atoms with Crippen molar-refractivity contribution in [1.82, 2.24) is 10.2 Å². The summed E-state index contributed by atoms with van der Waals surface area (Å²) < 4.78 is 39.5. The fourth-order valence-electron chi connectivity index (χ4n) is 4.12.